The van der Waals surface area contributed by atoms with Crippen molar-refractivity contribution in [3.8, 4) is 0 Å². The molecule has 0 fully saturated rings. The van der Waals surface area contributed by atoms with Crippen LogP contribution in [0.25, 0.3) is 0 Å². The van der Waals surface area contributed by atoms with Crippen LogP contribution in [0.5, 0.6) is 0 Å². The van der Waals surface area contributed by atoms with Crippen LogP contribution < -0.4 is 16.4 Å². The average Bonchev–Trinajstić information content (AvgIpc) is 2.45. The third-order valence-corrected chi connectivity index (χ3v) is 3.12. The zero-order chi connectivity index (χ0) is 15.8. The number of carbonyl (C=O) groups excluding carboxylic acids is 2. The number of anilines is 1. The van der Waals surface area contributed by atoms with Crippen molar-refractivity contribution in [2.75, 3.05) is 11.9 Å². The lowest BCUT2D eigenvalue weighted by Crippen LogP contribution is -2.31. The summed E-state index contributed by atoms with van der Waals surface area (Å²) in [7, 11) is 0. The fourth-order valence-electron chi connectivity index (χ4n) is 1.63. The van der Waals surface area contributed by atoms with Crippen LogP contribution in [0, 0.1) is 5.92 Å². The first kappa shape index (κ1) is 16.9. The standard InChI is InChI=1S/C16H23N3O2/c1-4-9-18-16(21)12-5-7-13(8-6-12)19-15(20)10-14(17)11(2)3/h4-8,11,14H,1,9-10,17H2,2-3H3,(H,18,21)(H,19,20). The highest BCUT2D eigenvalue weighted by molar-refractivity contribution is 5.95. The third-order valence-electron chi connectivity index (χ3n) is 3.12. The zero-order valence-electron chi connectivity index (χ0n) is 12.6. The van der Waals surface area contributed by atoms with Gasteiger partial charge in [-0.2, -0.15) is 0 Å². The number of hydrogen-bond acceptors (Lipinski definition) is 3. The van der Waals surface area contributed by atoms with Crippen molar-refractivity contribution >= 4 is 17.5 Å². The second kappa shape index (κ2) is 8.21. The second-order valence-corrected chi connectivity index (χ2v) is 5.24. The van der Waals surface area contributed by atoms with Gasteiger partial charge in [-0.05, 0) is 30.2 Å². The van der Waals surface area contributed by atoms with Crippen molar-refractivity contribution < 1.29 is 9.59 Å². The van der Waals surface area contributed by atoms with Gasteiger partial charge in [0.25, 0.3) is 5.91 Å². The number of hydrogen-bond donors (Lipinski definition) is 3. The molecule has 0 aliphatic carbocycles. The summed E-state index contributed by atoms with van der Waals surface area (Å²) in [5.74, 6) is -0.0404. The van der Waals surface area contributed by atoms with Crippen LogP contribution >= 0.6 is 0 Å². The van der Waals surface area contributed by atoms with E-state index in [0.29, 0.717) is 17.8 Å². The molecule has 0 bridgehead atoms. The van der Waals surface area contributed by atoms with Crippen molar-refractivity contribution in [3.05, 3.63) is 42.5 Å². The lowest BCUT2D eigenvalue weighted by molar-refractivity contribution is -0.116. The van der Waals surface area contributed by atoms with Crippen molar-refractivity contribution in [2.45, 2.75) is 26.3 Å². The predicted molar refractivity (Wildman–Crippen MR) is 85.0 cm³/mol. The second-order valence-electron chi connectivity index (χ2n) is 5.24. The maximum atomic E-state index is 11.8. The zero-order valence-corrected chi connectivity index (χ0v) is 12.6. The minimum Gasteiger partial charge on any atom is -0.349 e. The SMILES string of the molecule is C=CCNC(=O)c1ccc(NC(=O)CC(N)C(C)C)cc1. The molecule has 0 aliphatic heterocycles. The van der Waals surface area contributed by atoms with Crippen LogP contribution in [-0.4, -0.2) is 24.4 Å². The minimum absolute atomic E-state index is 0.125. The summed E-state index contributed by atoms with van der Waals surface area (Å²) < 4.78 is 0. The van der Waals surface area contributed by atoms with E-state index in [1.54, 1.807) is 30.3 Å². The molecule has 0 saturated heterocycles. The van der Waals surface area contributed by atoms with E-state index < -0.39 is 0 Å². The Hall–Kier alpha value is -2.14. The molecule has 0 radical (unpaired) electrons. The molecule has 0 saturated carbocycles. The maximum absolute atomic E-state index is 11.8. The van der Waals surface area contributed by atoms with Crippen molar-refractivity contribution in [1.82, 2.24) is 5.32 Å². The normalized spacial score (nSPS) is 11.8. The summed E-state index contributed by atoms with van der Waals surface area (Å²) in [4.78, 5) is 23.5. The van der Waals surface area contributed by atoms with Gasteiger partial charge in [0.2, 0.25) is 5.91 Å². The van der Waals surface area contributed by atoms with Gasteiger partial charge in [-0.1, -0.05) is 19.9 Å². The van der Waals surface area contributed by atoms with Crippen LogP contribution in [0.1, 0.15) is 30.6 Å². The van der Waals surface area contributed by atoms with Gasteiger partial charge in [0.15, 0.2) is 0 Å². The number of benzene rings is 1. The molecule has 114 valence electrons. The van der Waals surface area contributed by atoms with E-state index >= 15 is 0 Å². The Balaban J connectivity index is 2.56. The van der Waals surface area contributed by atoms with Gasteiger partial charge >= 0.3 is 0 Å². The van der Waals surface area contributed by atoms with Crippen LogP contribution in [0.4, 0.5) is 5.69 Å². The Bertz CT molecular complexity index is 495. The molecule has 0 heterocycles. The molecule has 2 amide bonds. The summed E-state index contributed by atoms with van der Waals surface area (Å²) in [6, 6.07) is 6.56. The topological polar surface area (TPSA) is 84.2 Å². The van der Waals surface area contributed by atoms with E-state index in [1.807, 2.05) is 13.8 Å². The van der Waals surface area contributed by atoms with Gasteiger partial charge in [0.1, 0.15) is 0 Å². The molecular formula is C16H23N3O2. The van der Waals surface area contributed by atoms with Crippen molar-refractivity contribution in [3.63, 3.8) is 0 Å². The van der Waals surface area contributed by atoms with Gasteiger partial charge in [-0.3, -0.25) is 9.59 Å². The molecule has 1 aromatic rings. The number of amides is 2. The Morgan fingerprint density at radius 1 is 1.29 bits per heavy atom. The van der Waals surface area contributed by atoms with E-state index in [-0.39, 0.29) is 30.2 Å². The summed E-state index contributed by atoms with van der Waals surface area (Å²) >= 11 is 0. The highest BCUT2D eigenvalue weighted by atomic mass is 16.2. The van der Waals surface area contributed by atoms with Crippen molar-refractivity contribution in [1.29, 1.82) is 0 Å². The quantitative estimate of drug-likeness (QED) is 0.670. The fourth-order valence-corrected chi connectivity index (χ4v) is 1.63. The first-order chi connectivity index (χ1) is 9.93. The Kier molecular flexibility index (Phi) is 6.62. The largest absolute Gasteiger partial charge is 0.349 e. The van der Waals surface area contributed by atoms with Crippen LogP contribution in [0.2, 0.25) is 0 Å². The smallest absolute Gasteiger partial charge is 0.251 e. The molecule has 21 heavy (non-hydrogen) atoms. The predicted octanol–water partition coefficient (Wildman–Crippen LogP) is 1.91. The molecular weight excluding hydrogens is 266 g/mol. The van der Waals surface area contributed by atoms with Gasteiger partial charge in [0, 0.05) is 30.3 Å². The number of nitrogens with one attached hydrogen (secondary N) is 2. The minimum atomic E-state index is -0.172. The van der Waals surface area contributed by atoms with E-state index in [1.165, 1.54) is 0 Å². The average molecular weight is 289 g/mol. The summed E-state index contributed by atoms with van der Waals surface area (Å²) in [5.41, 5.74) is 7.04. The third kappa shape index (κ3) is 5.79. The first-order valence-electron chi connectivity index (χ1n) is 6.98. The molecule has 5 heteroatoms. The van der Waals surface area contributed by atoms with E-state index in [2.05, 4.69) is 17.2 Å². The summed E-state index contributed by atoms with van der Waals surface area (Å²) in [5, 5.41) is 5.46. The first-order valence-corrected chi connectivity index (χ1v) is 6.98. The maximum Gasteiger partial charge on any atom is 0.251 e. The van der Waals surface area contributed by atoms with Gasteiger partial charge in [-0.25, -0.2) is 0 Å². The summed E-state index contributed by atoms with van der Waals surface area (Å²) in [6.45, 7) is 7.92. The number of rotatable bonds is 7. The molecule has 5 nitrogen and oxygen atoms in total. The Labute approximate surface area is 125 Å². The highest BCUT2D eigenvalue weighted by Crippen LogP contribution is 2.11. The molecule has 0 spiro atoms. The van der Waals surface area contributed by atoms with Gasteiger partial charge in [-0.15, -0.1) is 6.58 Å². The molecule has 1 unspecified atom stereocenters. The molecule has 1 atom stereocenters. The molecule has 1 rings (SSSR count). The lowest BCUT2D eigenvalue weighted by Gasteiger charge is -2.15. The van der Waals surface area contributed by atoms with Crippen LogP contribution in [-0.2, 0) is 4.79 Å². The van der Waals surface area contributed by atoms with E-state index in [4.69, 9.17) is 5.73 Å². The van der Waals surface area contributed by atoms with E-state index in [9.17, 15) is 9.59 Å². The highest BCUT2D eigenvalue weighted by Gasteiger charge is 2.13. The molecule has 4 N–H and O–H groups in total. The Morgan fingerprint density at radius 3 is 2.43 bits per heavy atom. The summed E-state index contributed by atoms with van der Waals surface area (Å²) in [6.07, 6.45) is 1.89. The number of carbonyl (C=O) groups is 2. The number of nitrogens with two attached hydrogens (primary N) is 1. The fraction of sp³-hybridized carbons (Fsp3) is 0.375. The van der Waals surface area contributed by atoms with E-state index in [0.717, 1.165) is 0 Å². The molecule has 0 aromatic heterocycles. The van der Waals surface area contributed by atoms with Crippen LogP contribution in [0.15, 0.2) is 36.9 Å². The van der Waals surface area contributed by atoms with Gasteiger partial charge in [0.05, 0.1) is 0 Å². The Morgan fingerprint density at radius 2 is 1.90 bits per heavy atom. The molecule has 0 aliphatic rings. The monoisotopic (exact) mass is 289 g/mol. The van der Waals surface area contributed by atoms with Crippen molar-refractivity contribution in [2.24, 2.45) is 11.7 Å². The molecule has 1 aromatic carbocycles. The van der Waals surface area contributed by atoms with Gasteiger partial charge < -0.3 is 16.4 Å². The lowest BCUT2D eigenvalue weighted by atomic mass is 10.0. The van der Waals surface area contributed by atoms with Crippen LogP contribution in [0.3, 0.4) is 0 Å².